The molecule has 17 heavy (non-hydrogen) atoms. The van der Waals surface area contributed by atoms with Crippen molar-refractivity contribution < 1.29 is 9.59 Å². The molecule has 0 fully saturated rings. The molecule has 0 radical (unpaired) electrons. The third kappa shape index (κ3) is 4.48. The van der Waals surface area contributed by atoms with E-state index in [4.69, 9.17) is 5.73 Å². The molecule has 5 heteroatoms. The van der Waals surface area contributed by atoms with Crippen molar-refractivity contribution in [3.05, 3.63) is 30.3 Å². The number of imide groups is 1. The highest BCUT2D eigenvalue weighted by atomic mass is 32.2. The first-order chi connectivity index (χ1) is 8.00. The predicted octanol–water partition coefficient (Wildman–Crippen LogP) is 2.00. The molecule has 0 aliphatic heterocycles. The Kier molecular flexibility index (Phi) is 5.03. The van der Waals surface area contributed by atoms with Gasteiger partial charge < -0.3 is 5.73 Å². The van der Waals surface area contributed by atoms with E-state index < -0.39 is 6.03 Å². The first-order valence-corrected chi connectivity index (χ1v) is 6.20. The number of nitrogens with two attached hydrogens (primary N) is 1. The molecule has 0 saturated heterocycles. The molecule has 0 saturated carbocycles. The lowest BCUT2D eigenvalue weighted by atomic mass is 10.1. The van der Waals surface area contributed by atoms with Crippen molar-refractivity contribution in [1.82, 2.24) is 5.32 Å². The number of thioether (sulfide) groups is 1. The van der Waals surface area contributed by atoms with Gasteiger partial charge in [-0.05, 0) is 18.1 Å². The molecule has 0 aliphatic carbocycles. The average molecular weight is 252 g/mol. The van der Waals surface area contributed by atoms with Gasteiger partial charge in [-0.2, -0.15) is 0 Å². The molecule has 1 unspecified atom stereocenters. The van der Waals surface area contributed by atoms with Crippen LogP contribution in [0.4, 0.5) is 4.79 Å². The summed E-state index contributed by atoms with van der Waals surface area (Å²) >= 11 is 1.43. The van der Waals surface area contributed by atoms with Crippen LogP contribution in [0.5, 0.6) is 0 Å². The zero-order valence-electron chi connectivity index (χ0n) is 9.84. The number of amides is 3. The van der Waals surface area contributed by atoms with E-state index in [1.165, 1.54) is 11.8 Å². The van der Waals surface area contributed by atoms with Crippen molar-refractivity contribution >= 4 is 23.7 Å². The lowest BCUT2D eigenvalue weighted by Crippen LogP contribution is -2.42. The van der Waals surface area contributed by atoms with Crippen LogP contribution in [0.15, 0.2) is 35.2 Å². The van der Waals surface area contributed by atoms with Crippen molar-refractivity contribution in [3.8, 4) is 0 Å². The number of carbonyl (C=O) groups is 2. The van der Waals surface area contributed by atoms with Crippen molar-refractivity contribution in [2.45, 2.75) is 24.0 Å². The highest BCUT2D eigenvalue weighted by molar-refractivity contribution is 8.00. The Morgan fingerprint density at radius 2 is 1.82 bits per heavy atom. The van der Waals surface area contributed by atoms with Gasteiger partial charge in [0.05, 0.1) is 5.25 Å². The van der Waals surface area contributed by atoms with E-state index in [2.05, 4.69) is 5.32 Å². The minimum Gasteiger partial charge on any atom is -0.351 e. The standard InChI is InChI=1S/C12H16N2O2S/c1-8(2)10(11(15)14-12(13)16)17-9-6-4-3-5-7-9/h3-8,10H,1-2H3,(H3,13,14,15,16). The molecule has 92 valence electrons. The van der Waals surface area contributed by atoms with Gasteiger partial charge in [0.1, 0.15) is 0 Å². The molecular weight excluding hydrogens is 236 g/mol. The molecule has 0 spiro atoms. The summed E-state index contributed by atoms with van der Waals surface area (Å²) in [6, 6.07) is 8.78. The van der Waals surface area contributed by atoms with Gasteiger partial charge in [-0.3, -0.25) is 10.1 Å². The lowest BCUT2D eigenvalue weighted by molar-refractivity contribution is -0.120. The van der Waals surface area contributed by atoms with E-state index in [0.29, 0.717) is 0 Å². The average Bonchev–Trinajstić information content (AvgIpc) is 2.25. The van der Waals surface area contributed by atoms with Crippen LogP contribution in [0.2, 0.25) is 0 Å². The van der Waals surface area contributed by atoms with Crippen molar-refractivity contribution in [2.24, 2.45) is 11.7 Å². The number of urea groups is 1. The quantitative estimate of drug-likeness (QED) is 0.805. The monoisotopic (exact) mass is 252 g/mol. The maximum absolute atomic E-state index is 11.8. The number of carbonyl (C=O) groups excluding carboxylic acids is 2. The number of primary amides is 1. The highest BCUT2D eigenvalue weighted by Gasteiger charge is 2.24. The van der Waals surface area contributed by atoms with Gasteiger partial charge in [0, 0.05) is 4.90 Å². The minimum atomic E-state index is -0.811. The van der Waals surface area contributed by atoms with Crippen LogP contribution >= 0.6 is 11.8 Å². The fourth-order valence-corrected chi connectivity index (χ4v) is 2.38. The fraction of sp³-hybridized carbons (Fsp3) is 0.333. The van der Waals surface area contributed by atoms with Crippen LogP contribution < -0.4 is 11.1 Å². The maximum atomic E-state index is 11.8. The number of hydrogen-bond donors (Lipinski definition) is 2. The molecule has 0 aliphatic rings. The van der Waals surface area contributed by atoms with Gasteiger partial charge in [-0.1, -0.05) is 32.0 Å². The molecule has 0 bridgehead atoms. The molecule has 3 amide bonds. The lowest BCUT2D eigenvalue weighted by Gasteiger charge is -2.18. The van der Waals surface area contributed by atoms with Gasteiger partial charge in [0.2, 0.25) is 5.91 Å². The Balaban J connectivity index is 2.73. The van der Waals surface area contributed by atoms with Crippen LogP contribution in [0, 0.1) is 5.92 Å². The summed E-state index contributed by atoms with van der Waals surface area (Å²) in [4.78, 5) is 23.4. The predicted molar refractivity (Wildman–Crippen MR) is 68.7 cm³/mol. The van der Waals surface area contributed by atoms with Crippen LogP contribution in [0.3, 0.4) is 0 Å². The number of hydrogen-bond acceptors (Lipinski definition) is 3. The Morgan fingerprint density at radius 3 is 2.29 bits per heavy atom. The Labute approximate surface area is 105 Å². The molecular formula is C12H16N2O2S. The molecule has 1 aromatic carbocycles. The van der Waals surface area contributed by atoms with Crippen LogP contribution in [-0.2, 0) is 4.79 Å². The second-order valence-corrected chi connectivity index (χ2v) is 5.16. The summed E-state index contributed by atoms with van der Waals surface area (Å²) in [5, 5.41) is 1.79. The van der Waals surface area contributed by atoms with Crippen molar-refractivity contribution in [2.75, 3.05) is 0 Å². The SMILES string of the molecule is CC(C)C(Sc1ccccc1)C(=O)NC(N)=O. The minimum absolute atomic E-state index is 0.111. The second-order valence-electron chi connectivity index (χ2n) is 3.95. The van der Waals surface area contributed by atoms with Crippen LogP contribution in [0.1, 0.15) is 13.8 Å². The summed E-state index contributed by atoms with van der Waals surface area (Å²) in [6.07, 6.45) is 0. The van der Waals surface area contributed by atoms with E-state index in [1.54, 1.807) is 0 Å². The smallest absolute Gasteiger partial charge is 0.318 e. The summed E-state index contributed by atoms with van der Waals surface area (Å²) < 4.78 is 0. The van der Waals surface area contributed by atoms with E-state index in [-0.39, 0.29) is 17.1 Å². The number of benzene rings is 1. The van der Waals surface area contributed by atoms with Crippen molar-refractivity contribution in [1.29, 1.82) is 0 Å². The molecule has 0 heterocycles. The molecule has 1 rings (SSSR count). The van der Waals surface area contributed by atoms with Crippen LogP contribution in [-0.4, -0.2) is 17.2 Å². The van der Waals surface area contributed by atoms with E-state index in [0.717, 1.165) is 4.90 Å². The van der Waals surface area contributed by atoms with Gasteiger partial charge in [0.25, 0.3) is 0 Å². The summed E-state index contributed by atoms with van der Waals surface area (Å²) in [7, 11) is 0. The Hall–Kier alpha value is -1.49. The Bertz CT molecular complexity index is 393. The summed E-state index contributed by atoms with van der Waals surface area (Å²) in [5.41, 5.74) is 4.94. The van der Waals surface area contributed by atoms with Gasteiger partial charge in [0.15, 0.2) is 0 Å². The van der Waals surface area contributed by atoms with E-state index in [9.17, 15) is 9.59 Å². The van der Waals surface area contributed by atoms with Gasteiger partial charge in [-0.15, -0.1) is 11.8 Å². The molecule has 1 atom stereocenters. The normalized spacial score (nSPS) is 12.2. The molecule has 4 nitrogen and oxygen atoms in total. The number of nitrogens with one attached hydrogen (secondary N) is 1. The summed E-state index contributed by atoms with van der Waals surface area (Å²) in [5.74, 6) is -0.235. The molecule has 3 N–H and O–H groups in total. The molecule has 0 aromatic heterocycles. The topological polar surface area (TPSA) is 72.2 Å². The van der Waals surface area contributed by atoms with E-state index in [1.807, 2.05) is 44.2 Å². The van der Waals surface area contributed by atoms with Crippen LogP contribution in [0.25, 0.3) is 0 Å². The largest absolute Gasteiger partial charge is 0.351 e. The zero-order valence-corrected chi connectivity index (χ0v) is 10.7. The van der Waals surface area contributed by atoms with Gasteiger partial charge >= 0.3 is 6.03 Å². The van der Waals surface area contributed by atoms with Crippen molar-refractivity contribution in [3.63, 3.8) is 0 Å². The first kappa shape index (κ1) is 13.6. The summed E-state index contributed by atoms with van der Waals surface area (Å²) in [6.45, 7) is 3.86. The Morgan fingerprint density at radius 1 is 1.24 bits per heavy atom. The fourth-order valence-electron chi connectivity index (χ4n) is 1.33. The first-order valence-electron chi connectivity index (χ1n) is 5.32. The zero-order chi connectivity index (χ0) is 12.8. The van der Waals surface area contributed by atoms with E-state index >= 15 is 0 Å². The third-order valence-corrected chi connectivity index (χ3v) is 3.67. The maximum Gasteiger partial charge on any atom is 0.318 e. The second kappa shape index (κ2) is 6.30. The highest BCUT2D eigenvalue weighted by Crippen LogP contribution is 2.27. The third-order valence-electron chi connectivity index (χ3n) is 2.12. The number of rotatable bonds is 4. The van der Waals surface area contributed by atoms with Gasteiger partial charge in [-0.25, -0.2) is 4.79 Å². The molecule has 1 aromatic rings.